The van der Waals surface area contributed by atoms with Gasteiger partial charge in [-0.2, -0.15) is 0 Å². The van der Waals surface area contributed by atoms with Gasteiger partial charge in [0.05, 0.1) is 27.9 Å². The second kappa shape index (κ2) is 7.48. The highest BCUT2D eigenvalue weighted by Gasteiger charge is 2.15. The van der Waals surface area contributed by atoms with Crippen molar-refractivity contribution in [2.24, 2.45) is 0 Å². The summed E-state index contributed by atoms with van der Waals surface area (Å²) >= 11 is 0. The van der Waals surface area contributed by atoms with Crippen molar-refractivity contribution in [3.63, 3.8) is 0 Å². The molecule has 106 valence electrons. The van der Waals surface area contributed by atoms with Crippen LogP contribution in [-0.4, -0.2) is 40.8 Å². The number of benzene rings is 1. The van der Waals surface area contributed by atoms with Crippen LogP contribution in [-0.2, 0) is 11.3 Å². The van der Waals surface area contributed by atoms with Crippen LogP contribution in [0.1, 0.15) is 5.56 Å². The summed E-state index contributed by atoms with van der Waals surface area (Å²) in [7, 11) is 6.38. The number of likely N-dealkylation sites (N-methyl/N-ethyl adjacent to an activating group) is 1. The smallest absolute Gasteiger partial charge is 0.234 e. The average Bonchev–Trinajstić information content (AvgIpc) is 2.43. The molecule has 0 unspecified atom stereocenters. The fraction of sp³-hybridized carbons (Fsp3) is 0.462. The van der Waals surface area contributed by atoms with Gasteiger partial charge in [-0.05, 0) is 19.2 Å². The number of nitrogens with one attached hydrogen (secondary N) is 2. The molecule has 6 nitrogen and oxygen atoms in total. The van der Waals surface area contributed by atoms with Crippen molar-refractivity contribution in [3.05, 3.63) is 17.7 Å². The van der Waals surface area contributed by atoms with Gasteiger partial charge in [0.25, 0.3) is 0 Å². The first-order valence-corrected chi connectivity index (χ1v) is 5.87. The van der Waals surface area contributed by atoms with E-state index < -0.39 is 0 Å². The van der Waals surface area contributed by atoms with Crippen molar-refractivity contribution in [2.75, 3.05) is 34.9 Å². The minimum Gasteiger partial charge on any atom is -0.493 e. The predicted molar refractivity (Wildman–Crippen MR) is 71.9 cm³/mol. The summed E-state index contributed by atoms with van der Waals surface area (Å²) in [5.41, 5.74) is 0.824. The molecule has 6 heteroatoms. The summed E-state index contributed by atoms with van der Waals surface area (Å²) in [5, 5.41) is 5.57. The Kier molecular flexibility index (Phi) is 5.95. The maximum Gasteiger partial charge on any atom is 0.234 e. The molecule has 1 aromatic carbocycles. The zero-order valence-corrected chi connectivity index (χ0v) is 11.7. The van der Waals surface area contributed by atoms with Crippen LogP contribution in [0.3, 0.4) is 0 Å². The van der Waals surface area contributed by atoms with Gasteiger partial charge in [-0.1, -0.05) is 0 Å². The Bertz CT molecular complexity index is 435. The highest BCUT2D eigenvalue weighted by Crippen LogP contribution is 2.39. The lowest BCUT2D eigenvalue weighted by atomic mass is 10.1. The van der Waals surface area contributed by atoms with Gasteiger partial charge in [0.15, 0.2) is 11.5 Å². The first-order chi connectivity index (χ1) is 9.17. The summed E-state index contributed by atoms with van der Waals surface area (Å²) < 4.78 is 15.8. The molecule has 1 amide bonds. The largest absolute Gasteiger partial charge is 0.493 e. The number of rotatable bonds is 7. The normalized spacial score (nSPS) is 9.89. The molecule has 0 aliphatic heterocycles. The molecule has 0 fully saturated rings. The van der Waals surface area contributed by atoms with Gasteiger partial charge < -0.3 is 24.8 Å². The Balaban J connectivity index is 2.92. The molecule has 0 atom stereocenters. The lowest BCUT2D eigenvalue weighted by molar-refractivity contribution is -0.120. The molecular weight excluding hydrogens is 248 g/mol. The van der Waals surface area contributed by atoms with Crippen molar-refractivity contribution in [1.82, 2.24) is 10.6 Å². The highest BCUT2D eigenvalue weighted by atomic mass is 16.5. The summed E-state index contributed by atoms with van der Waals surface area (Å²) in [5.74, 6) is 1.58. The SMILES string of the molecule is CNCC(=O)NCc1ccc(OC)c(OC)c1OC. The number of hydrogen-bond acceptors (Lipinski definition) is 5. The second-order valence-corrected chi connectivity index (χ2v) is 3.80. The summed E-state index contributed by atoms with van der Waals surface area (Å²) in [6.07, 6.45) is 0. The molecule has 0 saturated carbocycles. The van der Waals surface area contributed by atoms with E-state index in [-0.39, 0.29) is 12.5 Å². The fourth-order valence-electron chi connectivity index (χ4n) is 1.72. The standard InChI is InChI=1S/C13H20N2O4/c1-14-8-11(16)15-7-9-5-6-10(17-2)13(19-4)12(9)18-3/h5-6,14H,7-8H2,1-4H3,(H,15,16). The molecule has 0 radical (unpaired) electrons. The molecule has 1 aromatic rings. The van der Waals surface area contributed by atoms with Crippen LogP contribution >= 0.6 is 0 Å². The number of hydrogen-bond donors (Lipinski definition) is 2. The highest BCUT2D eigenvalue weighted by molar-refractivity contribution is 5.78. The predicted octanol–water partition coefficient (Wildman–Crippen LogP) is 0.548. The third-order valence-corrected chi connectivity index (χ3v) is 2.60. The van der Waals surface area contributed by atoms with E-state index in [0.29, 0.717) is 23.8 Å². The van der Waals surface area contributed by atoms with Gasteiger partial charge in [0.1, 0.15) is 0 Å². The molecule has 0 heterocycles. The Morgan fingerprint density at radius 2 is 1.79 bits per heavy atom. The van der Waals surface area contributed by atoms with Crippen molar-refractivity contribution >= 4 is 5.91 Å². The summed E-state index contributed by atoms with van der Waals surface area (Å²) in [4.78, 5) is 11.4. The van der Waals surface area contributed by atoms with Crippen molar-refractivity contribution < 1.29 is 19.0 Å². The second-order valence-electron chi connectivity index (χ2n) is 3.80. The maximum atomic E-state index is 11.4. The number of methoxy groups -OCH3 is 3. The van der Waals surface area contributed by atoms with Crippen molar-refractivity contribution in [3.8, 4) is 17.2 Å². The molecule has 0 aliphatic rings. The fourth-order valence-corrected chi connectivity index (χ4v) is 1.72. The van der Waals surface area contributed by atoms with E-state index in [1.54, 1.807) is 34.4 Å². The minimum atomic E-state index is -0.0839. The quantitative estimate of drug-likeness (QED) is 0.756. The van der Waals surface area contributed by atoms with E-state index in [4.69, 9.17) is 14.2 Å². The maximum absolute atomic E-state index is 11.4. The molecule has 0 aliphatic carbocycles. The van der Waals surface area contributed by atoms with Crippen LogP contribution in [0.5, 0.6) is 17.2 Å². The van der Waals surface area contributed by atoms with Gasteiger partial charge in [0.2, 0.25) is 11.7 Å². The van der Waals surface area contributed by atoms with E-state index in [2.05, 4.69) is 10.6 Å². The molecule has 2 N–H and O–H groups in total. The number of carbonyl (C=O) groups excluding carboxylic acids is 1. The van der Waals surface area contributed by atoms with E-state index in [1.165, 1.54) is 0 Å². The van der Waals surface area contributed by atoms with Gasteiger partial charge in [0, 0.05) is 12.1 Å². The van der Waals surface area contributed by atoms with Crippen molar-refractivity contribution in [2.45, 2.75) is 6.54 Å². The third kappa shape index (κ3) is 3.75. The van der Waals surface area contributed by atoms with E-state index >= 15 is 0 Å². The zero-order valence-electron chi connectivity index (χ0n) is 11.7. The van der Waals surface area contributed by atoms with Crippen LogP contribution in [0, 0.1) is 0 Å². The topological polar surface area (TPSA) is 68.8 Å². The molecule has 0 aromatic heterocycles. The van der Waals surface area contributed by atoms with E-state index in [9.17, 15) is 4.79 Å². The lowest BCUT2D eigenvalue weighted by Gasteiger charge is -2.16. The number of ether oxygens (including phenoxy) is 3. The van der Waals surface area contributed by atoms with Gasteiger partial charge in [-0.25, -0.2) is 0 Å². The van der Waals surface area contributed by atoms with E-state index in [1.807, 2.05) is 6.07 Å². The van der Waals surface area contributed by atoms with Crippen molar-refractivity contribution in [1.29, 1.82) is 0 Å². The van der Waals surface area contributed by atoms with Crippen LogP contribution in [0.25, 0.3) is 0 Å². The Morgan fingerprint density at radius 1 is 1.11 bits per heavy atom. The lowest BCUT2D eigenvalue weighted by Crippen LogP contribution is -2.31. The summed E-state index contributed by atoms with van der Waals surface area (Å²) in [6.45, 7) is 0.639. The average molecular weight is 268 g/mol. The minimum absolute atomic E-state index is 0.0839. The number of amides is 1. The van der Waals surface area contributed by atoms with Crippen LogP contribution in [0.15, 0.2) is 12.1 Å². The Hall–Kier alpha value is -1.95. The molecule has 1 rings (SSSR count). The molecule has 0 saturated heterocycles. The van der Waals surface area contributed by atoms with Crippen LogP contribution in [0.2, 0.25) is 0 Å². The monoisotopic (exact) mass is 268 g/mol. The van der Waals surface area contributed by atoms with Gasteiger partial charge >= 0.3 is 0 Å². The van der Waals surface area contributed by atoms with Gasteiger partial charge in [-0.15, -0.1) is 0 Å². The Morgan fingerprint density at radius 3 is 2.32 bits per heavy atom. The van der Waals surface area contributed by atoms with Gasteiger partial charge in [-0.3, -0.25) is 4.79 Å². The third-order valence-electron chi connectivity index (χ3n) is 2.60. The van der Waals surface area contributed by atoms with E-state index in [0.717, 1.165) is 5.56 Å². The number of carbonyl (C=O) groups is 1. The molecular formula is C13H20N2O4. The molecule has 19 heavy (non-hydrogen) atoms. The molecule has 0 spiro atoms. The first-order valence-electron chi connectivity index (χ1n) is 5.87. The van der Waals surface area contributed by atoms with Crippen LogP contribution < -0.4 is 24.8 Å². The Labute approximate surface area is 113 Å². The molecule has 0 bridgehead atoms. The first kappa shape index (κ1) is 15.1. The summed E-state index contributed by atoms with van der Waals surface area (Å²) in [6, 6.07) is 3.61. The van der Waals surface area contributed by atoms with Crippen LogP contribution in [0.4, 0.5) is 0 Å². The zero-order chi connectivity index (χ0) is 14.3.